The second-order valence-corrected chi connectivity index (χ2v) is 7.26. The number of benzene rings is 2. The molecule has 3 aromatic rings. The molecule has 0 fully saturated rings. The molecule has 1 aliphatic heterocycles. The van der Waals surface area contributed by atoms with Crippen LogP contribution in [0.4, 0.5) is 0 Å². The van der Waals surface area contributed by atoms with Crippen LogP contribution in [-0.2, 0) is 13.0 Å². The fraction of sp³-hybridized carbons (Fsp3) is 0.286. The monoisotopic (exact) mass is 403 g/mol. The summed E-state index contributed by atoms with van der Waals surface area (Å²) < 4.78 is 5.71. The number of fused-ring (bicyclic) bond motifs is 1. The van der Waals surface area contributed by atoms with Crippen molar-refractivity contribution >= 4 is 24.0 Å². The van der Waals surface area contributed by atoms with Crippen LogP contribution in [0.2, 0.25) is 5.02 Å². The first-order valence-electron chi connectivity index (χ1n) is 8.95. The van der Waals surface area contributed by atoms with Gasteiger partial charge in [-0.2, -0.15) is 5.10 Å². The van der Waals surface area contributed by atoms with E-state index in [2.05, 4.69) is 39.8 Å². The number of hydrogen-bond donors (Lipinski definition) is 2. The normalized spacial score (nSPS) is 13.2. The van der Waals surface area contributed by atoms with Crippen molar-refractivity contribution < 1.29 is 4.74 Å². The van der Waals surface area contributed by atoms with Crippen molar-refractivity contribution in [2.24, 2.45) is 0 Å². The Bertz CT molecular complexity index is 937. The molecule has 6 heteroatoms. The van der Waals surface area contributed by atoms with E-state index < -0.39 is 0 Å². The van der Waals surface area contributed by atoms with Gasteiger partial charge < -0.3 is 10.1 Å². The Kier molecular flexibility index (Phi) is 6.10. The van der Waals surface area contributed by atoms with Crippen molar-refractivity contribution in [3.63, 3.8) is 0 Å². The van der Waals surface area contributed by atoms with Crippen molar-refractivity contribution in [2.75, 3.05) is 6.54 Å². The summed E-state index contributed by atoms with van der Waals surface area (Å²) in [5.41, 5.74) is 6.89. The van der Waals surface area contributed by atoms with Crippen LogP contribution in [0.15, 0.2) is 42.5 Å². The fourth-order valence-corrected chi connectivity index (χ4v) is 3.63. The van der Waals surface area contributed by atoms with Crippen LogP contribution < -0.4 is 10.1 Å². The highest BCUT2D eigenvalue weighted by Gasteiger charge is 2.16. The van der Waals surface area contributed by atoms with Crippen molar-refractivity contribution in [3.8, 4) is 28.3 Å². The Balaban J connectivity index is 0.00000210. The number of aromatic amines is 1. The van der Waals surface area contributed by atoms with Crippen LogP contribution in [-0.4, -0.2) is 22.8 Å². The van der Waals surface area contributed by atoms with Crippen LogP contribution in [0.25, 0.3) is 22.5 Å². The van der Waals surface area contributed by atoms with Crippen molar-refractivity contribution in [2.45, 2.75) is 32.9 Å². The molecule has 2 N–H and O–H groups in total. The van der Waals surface area contributed by atoms with Crippen LogP contribution >= 0.6 is 24.0 Å². The zero-order valence-corrected chi connectivity index (χ0v) is 17.0. The van der Waals surface area contributed by atoms with E-state index in [1.807, 2.05) is 32.0 Å². The van der Waals surface area contributed by atoms with Crippen LogP contribution in [0, 0.1) is 0 Å². The minimum atomic E-state index is 0. The first-order chi connectivity index (χ1) is 12.6. The third-order valence-electron chi connectivity index (χ3n) is 4.60. The maximum Gasteiger partial charge on any atom is 0.138 e. The van der Waals surface area contributed by atoms with Gasteiger partial charge in [0.1, 0.15) is 5.75 Å². The number of nitrogens with one attached hydrogen (secondary N) is 2. The summed E-state index contributed by atoms with van der Waals surface area (Å²) in [7, 11) is 0. The first kappa shape index (κ1) is 19.7. The average Bonchev–Trinajstić information content (AvgIpc) is 3.12. The van der Waals surface area contributed by atoms with Crippen molar-refractivity contribution in [3.05, 3.63) is 58.6 Å². The molecular weight excluding hydrogens is 381 g/mol. The van der Waals surface area contributed by atoms with E-state index >= 15 is 0 Å². The number of hydrogen-bond acceptors (Lipinski definition) is 3. The highest BCUT2D eigenvalue weighted by Crippen LogP contribution is 2.33. The molecule has 0 unspecified atom stereocenters. The highest BCUT2D eigenvalue weighted by molar-refractivity contribution is 6.32. The Morgan fingerprint density at radius 2 is 2.00 bits per heavy atom. The average molecular weight is 404 g/mol. The number of aromatic nitrogens is 2. The predicted octanol–water partition coefficient (Wildman–Crippen LogP) is 5.25. The van der Waals surface area contributed by atoms with E-state index in [1.165, 1.54) is 16.7 Å². The second-order valence-electron chi connectivity index (χ2n) is 6.85. The van der Waals surface area contributed by atoms with Crippen LogP contribution in [0.3, 0.4) is 0 Å². The number of rotatable bonds is 4. The Morgan fingerprint density at radius 3 is 2.78 bits per heavy atom. The standard InChI is InChI=1S/C21H22ClN3O.ClH/c1-13(2)26-21-7-6-14(10-18(21)22)19-11-20(25-24-19)17-5-3-4-15-12-23-9-8-16(15)17;/h3-7,10-11,13,23H,8-9,12H2,1-2H3,(H,24,25);1H. The number of H-pyrrole nitrogens is 1. The lowest BCUT2D eigenvalue weighted by Gasteiger charge is -2.19. The fourth-order valence-electron chi connectivity index (χ4n) is 3.40. The van der Waals surface area contributed by atoms with E-state index in [0.717, 1.165) is 36.5 Å². The molecule has 0 saturated carbocycles. The van der Waals surface area contributed by atoms with Crippen molar-refractivity contribution in [1.82, 2.24) is 15.5 Å². The smallest absolute Gasteiger partial charge is 0.138 e. The molecule has 0 atom stereocenters. The molecule has 142 valence electrons. The van der Waals surface area contributed by atoms with E-state index in [9.17, 15) is 0 Å². The van der Waals surface area contributed by atoms with Gasteiger partial charge in [-0.15, -0.1) is 12.4 Å². The summed E-state index contributed by atoms with van der Waals surface area (Å²) in [4.78, 5) is 0. The largest absolute Gasteiger partial charge is 0.489 e. The van der Waals surface area contributed by atoms with E-state index in [1.54, 1.807) is 0 Å². The second kappa shape index (κ2) is 8.34. The molecule has 0 saturated heterocycles. The molecule has 0 bridgehead atoms. The van der Waals surface area contributed by atoms with Gasteiger partial charge in [-0.25, -0.2) is 0 Å². The SMILES string of the molecule is CC(C)Oc1ccc(-c2cc(-c3cccc4c3CCNC4)[nH]n2)cc1Cl.Cl. The summed E-state index contributed by atoms with van der Waals surface area (Å²) in [6, 6.07) is 14.4. The van der Waals surface area contributed by atoms with Gasteiger partial charge in [0.05, 0.1) is 22.5 Å². The Hall–Kier alpha value is -2.01. The molecule has 4 rings (SSSR count). The lowest BCUT2D eigenvalue weighted by atomic mass is 9.93. The van der Waals surface area contributed by atoms with Crippen LogP contribution in [0.1, 0.15) is 25.0 Å². The van der Waals surface area contributed by atoms with Crippen LogP contribution in [0.5, 0.6) is 5.75 Å². The molecule has 27 heavy (non-hydrogen) atoms. The molecule has 2 aromatic carbocycles. The third-order valence-corrected chi connectivity index (χ3v) is 4.89. The minimum absolute atomic E-state index is 0. The topological polar surface area (TPSA) is 49.9 Å². The summed E-state index contributed by atoms with van der Waals surface area (Å²) in [5, 5.41) is 11.7. The number of halogens is 2. The number of nitrogens with zero attached hydrogens (tertiary/aromatic N) is 1. The van der Waals surface area contributed by atoms with Gasteiger partial charge in [0.25, 0.3) is 0 Å². The summed E-state index contributed by atoms with van der Waals surface area (Å²) in [6.45, 7) is 5.91. The maximum absolute atomic E-state index is 6.37. The quantitative estimate of drug-likeness (QED) is 0.624. The number of ether oxygens (including phenoxy) is 1. The van der Waals surface area contributed by atoms with Gasteiger partial charge in [0.15, 0.2) is 0 Å². The third kappa shape index (κ3) is 4.13. The first-order valence-corrected chi connectivity index (χ1v) is 9.33. The highest BCUT2D eigenvalue weighted by atomic mass is 35.5. The van der Waals surface area contributed by atoms with E-state index in [0.29, 0.717) is 10.8 Å². The Labute approximate surface area is 170 Å². The molecule has 1 aromatic heterocycles. The zero-order chi connectivity index (χ0) is 18.1. The van der Waals surface area contributed by atoms with Gasteiger partial charge in [0, 0.05) is 17.7 Å². The lowest BCUT2D eigenvalue weighted by molar-refractivity contribution is 0.242. The molecule has 0 spiro atoms. The lowest BCUT2D eigenvalue weighted by Crippen LogP contribution is -2.24. The summed E-state index contributed by atoms with van der Waals surface area (Å²) >= 11 is 6.37. The molecule has 0 radical (unpaired) electrons. The summed E-state index contributed by atoms with van der Waals surface area (Å²) in [6.07, 6.45) is 1.13. The molecule has 1 aliphatic rings. The van der Waals surface area contributed by atoms with E-state index in [4.69, 9.17) is 16.3 Å². The summed E-state index contributed by atoms with van der Waals surface area (Å²) in [5.74, 6) is 0.700. The predicted molar refractivity (Wildman–Crippen MR) is 113 cm³/mol. The molecule has 4 nitrogen and oxygen atoms in total. The molecule has 0 aliphatic carbocycles. The zero-order valence-electron chi connectivity index (χ0n) is 15.4. The van der Waals surface area contributed by atoms with E-state index in [-0.39, 0.29) is 18.5 Å². The minimum Gasteiger partial charge on any atom is -0.489 e. The molecule has 2 heterocycles. The van der Waals surface area contributed by atoms with Gasteiger partial charge in [-0.1, -0.05) is 29.8 Å². The van der Waals surface area contributed by atoms with Gasteiger partial charge >= 0.3 is 0 Å². The molecular formula is C21H23Cl2N3O. The van der Waals surface area contributed by atoms with Crippen molar-refractivity contribution in [1.29, 1.82) is 0 Å². The van der Waals surface area contributed by atoms with Gasteiger partial charge in [0.2, 0.25) is 0 Å². The maximum atomic E-state index is 6.37. The van der Waals surface area contributed by atoms with Gasteiger partial charge in [-0.3, -0.25) is 5.10 Å². The van der Waals surface area contributed by atoms with Gasteiger partial charge in [-0.05, 0) is 62.2 Å². The molecule has 0 amide bonds. The Morgan fingerprint density at radius 1 is 1.15 bits per heavy atom.